The van der Waals surface area contributed by atoms with Crippen LogP contribution in [0.3, 0.4) is 0 Å². The second-order valence-corrected chi connectivity index (χ2v) is 6.57. The number of benzene rings is 1. The van der Waals surface area contributed by atoms with Gasteiger partial charge in [-0.3, -0.25) is 9.59 Å². The summed E-state index contributed by atoms with van der Waals surface area (Å²) in [5.41, 5.74) is -1.52. The smallest absolute Gasteiger partial charge is 0.416 e. The zero-order valence-electron chi connectivity index (χ0n) is 16.2. The van der Waals surface area contributed by atoms with E-state index in [1.807, 2.05) is 19.0 Å². The summed E-state index contributed by atoms with van der Waals surface area (Å²) < 4.78 is 45.2. The number of hydrogen-bond acceptors (Lipinski definition) is 6. The van der Waals surface area contributed by atoms with Crippen molar-refractivity contribution in [2.75, 3.05) is 45.7 Å². The number of likely N-dealkylation sites (N-methyl/N-ethyl adjacent to an activating group) is 2. The lowest BCUT2D eigenvalue weighted by molar-refractivity contribution is -0.144. The van der Waals surface area contributed by atoms with Gasteiger partial charge in [-0.2, -0.15) is 18.3 Å². The lowest BCUT2D eigenvalue weighted by Crippen LogP contribution is -2.33. The number of halogens is 3. The molecule has 0 amide bonds. The standard InChI is InChI=1S/C18H23F3N4O3/c1-5-28-15(26)11-25-17(27)13-7-6-12(18(19,20)21)10-14(13)16(22-25)24(4)9-8-23(2)3/h6-7,10H,5,8-9,11H2,1-4H3. The van der Waals surface area contributed by atoms with Crippen LogP contribution in [0.1, 0.15) is 12.5 Å². The molecule has 28 heavy (non-hydrogen) atoms. The molecule has 0 aliphatic carbocycles. The van der Waals surface area contributed by atoms with E-state index < -0.39 is 29.8 Å². The first-order valence-electron chi connectivity index (χ1n) is 8.68. The first-order valence-corrected chi connectivity index (χ1v) is 8.68. The van der Waals surface area contributed by atoms with Gasteiger partial charge in [0, 0.05) is 25.5 Å². The average molecular weight is 400 g/mol. The number of hydrogen-bond donors (Lipinski definition) is 0. The summed E-state index contributed by atoms with van der Waals surface area (Å²) in [6, 6.07) is 2.88. The quantitative estimate of drug-likeness (QED) is 0.662. The third-order valence-electron chi connectivity index (χ3n) is 4.10. The Morgan fingerprint density at radius 1 is 1.18 bits per heavy atom. The van der Waals surface area contributed by atoms with E-state index in [-0.39, 0.29) is 23.2 Å². The predicted molar refractivity (Wildman–Crippen MR) is 99.5 cm³/mol. The van der Waals surface area contributed by atoms with Crippen LogP contribution in [0.4, 0.5) is 19.0 Å². The van der Waals surface area contributed by atoms with E-state index >= 15 is 0 Å². The maximum atomic E-state index is 13.2. The van der Waals surface area contributed by atoms with Crippen molar-refractivity contribution in [3.63, 3.8) is 0 Å². The van der Waals surface area contributed by atoms with Crippen LogP contribution in [0, 0.1) is 0 Å². The summed E-state index contributed by atoms with van der Waals surface area (Å²) in [7, 11) is 5.40. The summed E-state index contributed by atoms with van der Waals surface area (Å²) in [4.78, 5) is 28.0. The van der Waals surface area contributed by atoms with Crippen LogP contribution in [-0.2, 0) is 22.3 Å². The van der Waals surface area contributed by atoms with Gasteiger partial charge in [0.15, 0.2) is 5.82 Å². The van der Waals surface area contributed by atoms with Crippen LogP contribution in [0.25, 0.3) is 10.8 Å². The van der Waals surface area contributed by atoms with Crippen LogP contribution in [0.2, 0.25) is 0 Å². The zero-order valence-corrected chi connectivity index (χ0v) is 16.2. The fraction of sp³-hybridized carbons (Fsp3) is 0.500. The van der Waals surface area contributed by atoms with Gasteiger partial charge in [-0.25, -0.2) is 4.68 Å². The second-order valence-electron chi connectivity index (χ2n) is 6.57. The number of aromatic nitrogens is 2. The molecular weight excluding hydrogens is 377 g/mol. The highest BCUT2D eigenvalue weighted by Crippen LogP contribution is 2.32. The van der Waals surface area contributed by atoms with E-state index in [9.17, 15) is 22.8 Å². The summed E-state index contributed by atoms with van der Waals surface area (Å²) in [5, 5.41) is 4.31. The molecule has 10 heteroatoms. The normalized spacial score (nSPS) is 11.9. The SMILES string of the molecule is CCOC(=O)Cn1nc(N(C)CCN(C)C)c2cc(C(F)(F)F)ccc2c1=O. The molecule has 1 aromatic heterocycles. The summed E-state index contributed by atoms with van der Waals surface area (Å²) in [6.07, 6.45) is -4.55. The van der Waals surface area contributed by atoms with E-state index in [0.717, 1.165) is 22.9 Å². The second kappa shape index (κ2) is 8.59. The molecule has 7 nitrogen and oxygen atoms in total. The minimum atomic E-state index is -4.55. The highest BCUT2D eigenvalue weighted by atomic mass is 19.4. The number of esters is 1. The van der Waals surface area contributed by atoms with E-state index in [0.29, 0.717) is 13.1 Å². The Hall–Kier alpha value is -2.62. The van der Waals surface area contributed by atoms with E-state index in [1.54, 1.807) is 18.9 Å². The Kier molecular flexibility index (Phi) is 6.65. The Morgan fingerprint density at radius 2 is 1.86 bits per heavy atom. The van der Waals surface area contributed by atoms with Gasteiger partial charge < -0.3 is 14.5 Å². The van der Waals surface area contributed by atoms with Crippen molar-refractivity contribution in [2.45, 2.75) is 19.6 Å². The number of anilines is 1. The number of alkyl halides is 3. The minimum absolute atomic E-state index is 0.0546. The van der Waals surface area contributed by atoms with Gasteiger partial charge in [0.1, 0.15) is 6.54 Å². The third kappa shape index (κ3) is 5.00. The van der Waals surface area contributed by atoms with Crippen LogP contribution in [0.5, 0.6) is 0 Å². The number of carbonyl (C=O) groups excluding carboxylic acids is 1. The minimum Gasteiger partial charge on any atom is -0.465 e. The maximum absolute atomic E-state index is 13.2. The molecule has 0 N–H and O–H groups in total. The fourth-order valence-electron chi connectivity index (χ4n) is 2.62. The van der Waals surface area contributed by atoms with Crippen molar-refractivity contribution < 1.29 is 22.7 Å². The Balaban J connectivity index is 2.63. The van der Waals surface area contributed by atoms with Crippen molar-refractivity contribution >= 4 is 22.6 Å². The molecule has 0 aliphatic rings. The lowest BCUT2D eigenvalue weighted by atomic mass is 10.1. The van der Waals surface area contributed by atoms with Crippen molar-refractivity contribution in [2.24, 2.45) is 0 Å². The van der Waals surface area contributed by atoms with Gasteiger partial charge in [-0.05, 0) is 39.2 Å². The summed E-state index contributed by atoms with van der Waals surface area (Å²) in [5.74, 6) is -0.461. The van der Waals surface area contributed by atoms with E-state index in [2.05, 4.69) is 5.10 Å². The number of carbonyl (C=O) groups is 1. The Labute approximate surface area is 160 Å². The molecule has 2 aromatic rings. The number of fused-ring (bicyclic) bond motifs is 1. The Morgan fingerprint density at radius 3 is 2.43 bits per heavy atom. The first-order chi connectivity index (χ1) is 13.0. The van der Waals surface area contributed by atoms with Crippen molar-refractivity contribution in [1.29, 1.82) is 0 Å². The number of ether oxygens (including phenoxy) is 1. The highest BCUT2D eigenvalue weighted by Gasteiger charge is 2.31. The van der Waals surface area contributed by atoms with Gasteiger partial charge in [0.25, 0.3) is 5.56 Å². The van der Waals surface area contributed by atoms with Crippen LogP contribution in [0.15, 0.2) is 23.0 Å². The van der Waals surface area contributed by atoms with Gasteiger partial charge >= 0.3 is 12.1 Å². The molecular formula is C18H23F3N4O3. The molecule has 0 bridgehead atoms. The molecule has 0 saturated heterocycles. The molecule has 154 valence electrons. The molecule has 0 atom stereocenters. The lowest BCUT2D eigenvalue weighted by Gasteiger charge is -2.23. The van der Waals surface area contributed by atoms with E-state index in [4.69, 9.17) is 4.74 Å². The molecule has 0 aliphatic heterocycles. The molecule has 0 unspecified atom stereocenters. The Bertz CT molecular complexity index is 909. The van der Waals surface area contributed by atoms with Crippen LogP contribution in [-0.4, -0.2) is 61.5 Å². The monoisotopic (exact) mass is 400 g/mol. The van der Waals surface area contributed by atoms with Crippen LogP contribution < -0.4 is 10.5 Å². The van der Waals surface area contributed by atoms with Crippen LogP contribution >= 0.6 is 0 Å². The van der Waals surface area contributed by atoms with E-state index in [1.165, 1.54) is 0 Å². The third-order valence-corrected chi connectivity index (χ3v) is 4.10. The molecule has 0 fully saturated rings. The van der Waals surface area contributed by atoms with Gasteiger partial charge in [-0.1, -0.05) is 0 Å². The maximum Gasteiger partial charge on any atom is 0.416 e. The fourth-order valence-corrected chi connectivity index (χ4v) is 2.62. The molecule has 1 aromatic carbocycles. The topological polar surface area (TPSA) is 67.7 Å². The highest BCUT2D eigenvalue weighted by molar-refractivity contribution is 5.92. The average Bonchev–Trinajstić information content (AvgIpc) is 2.61. The molecule has 2 rings (SSSR count). The largest absolute Gasteiger partial charge is 0.465 e. The predicted octanol–water partition coefficient (Wildman–Crippen LogP) is 1.98. The van der Waals surface area contributed by atoms with Crippen molar-refractivity contribution in [1.82, 2.24) is 14.7 Å². The molecule has 0 radical (unpaired) electrons. The van der Waals surface area contributed by atoms with Crippen molar-refractivity contribution in [3.05, 3.63) is 34.1 Å². The number of nitrogens with zero attached hydrogens (tertiary/aromatic N) is 4. The molecule has 0 spiro atoms. The summed E-state index contributed by atoms with van der Waals surface area (Å²) >= 11 is 0. The zero-order chi connectivity index (χ0) is 21.1. The first kappa shape index (κ1) is 21.7. The molecule has 0 saturated carbocycles. The van der Waals surface area contributed by atoms with Crippen molar-refractivity contribution in [3.8, 4) is 0 Å². The molecule has 1 heterocycles. The van der Waals surface area contributed by atoms with Gasteiger partial charge in [0.05, 0.1) is 17.6 Å². The van der Waals surface area contributed by atoms with Gasteiger partial charge in [-0.15, -0.1) is 0 Å². The summed E-state index contributed by atoms with van der Waals surface area (Å²) in [6.45, 7) is 2.44. The number of rotatable bonds is 7. The van der Waals surface area contributed by atoms with Gasteiger partial charge in [0.2, 0.25) is 0 Å².